The third-order valence-corrected chi connectivity index (χ3v) is 7.51. The lowest BCUT2D eigenvalue weighted by atomic mass is 9.82. The molecule has 1 aliphatic heterocycles. The van der Waals surface area contributed by atoms with Gasteiger partial charge in [0.25, 0.3) is 5.91 Å². The van der Waals surface area contributed by atoms with E-state index in [-0.39, 0.29) is 5.91 Å². The number of pyridine rings is 2. The number of hydrogen-bond donors (Lipinski definition) is 4. The molecular formula is C28H34N6O3. The topological polar surface area (TPSA) is 119 Å². The number of fused-ring (bicyclic) bond motifs is 1. The van der Waals surface area contributed by atoms with Crippen LogP contribution in [-0.4, -0.2) is 66.3 Å². The van der Waals surface area contributed by atoms with Gasteiger partial charge in [-0.1, -0.05) is 18.2 Å². The first-order valence-corrected chi connectivity index (χ1v) is 13.1. The maximum atomic E-state index is 13.3. The van der Waals surface area contributed by atoms with Gasteiger partial charge in [0.05, 0.1) is 16.8 Å². The maximum Gasteiger partial charge on any atom is 0.404 e. The molecule has 0 spiro atoms. The van der Waals surface area contributed by atoms with Crippen LogP contribution in [-0.2, 0) is 0 Å². The van der Waals surface area contributed by atoms with Gasteiger partial charge in [-0.3, -0.25) is 4.79 Å². The van der Waals surface area contributed by atoms with Crippen molar-refractivity contribution in [3.05, 3.63) is 54.2 Å². The number of carbonyl (C=O) groups excluding carboxylic acids is 1. The summed E-state index contributed by atoms with van der Waals surface area (Å²) in [4.78, 5) is 35.9. The molecule has 3 aromatic rings. The highest BCUT2D eigenvalue weighted by atomic mass is 16.4. The number of carboxylic acid groups (broad SMARTS) is 1. The van der Waals surface area contributed by atoms with Gasteiger partial charge >= 0.3 is 6.09 Å². The Kier molecular flexibility index (Phi) is 7.79. The van der Waals surface area contributed by atoms with Crippen molar-refractivity contribution in [1.82, 2.24) is 25.9 Å². The van der Waals surface area contributed by atoms with Crippen molar-refractivity contribution in [3.63, 3.8) is 0 Å². The molecule has 1 aromatic carbocycles. The van der Waals surface area contributed by atoms with Gasteiger partial charge in [0.1, 0.15) is 5.82 Å². The van der Waals surface area contributed by atoms with Crippen molar-refractivity contribution < 1.29 is 14.7 Å². The Morgan fingerprint density at radius 3 is 2.35 bits per heavy atom. The number of benzene rings is 1. The average Bonchev–Trinajstić information content (AvgIpc) is 2.95. The summed E-state index contributed by atoms with van der Waals surface area (Å²) in [5.41, 5.74) is 3.01. The third-order valence-electron chi connectivity index (χ3n) is 7.51. The van der Waals surface area contributed by atoms with E-state index >= 15 is 0 Å². The van der Waals surface area contributed by atoms with Gasteiger partial charge in [0.2, 0.25) is 0 Å². The number of nitrogens with one attached hydrogen (secondary N) is 3. The Hall–Kier alpha value is -3.72. The minimum atomic E-state index is -0.968. The molecule has 1 saturated carbocycles. The predicted octanol–water partition coefficient (Wildman–Crippen LogP) is 3.51. The molecule has 3 heterocycles. The summed E-state index contributed by atoms with van der Waals surface area (Å²) in [5.74, 6) is 1.64. The Balaban J connectivity index is 1.27. The highest BCUT2D eigenvalue weighted by Crippen LogP contribution is 2.29. The zero-order valence-corrected chi connectivity index (χ0v) is 20.9. The molecule has 0 unspecified atom stereocenters. The van der Waals surface area contributed by atoms with Gasteiger partial charge < -0.3 is 26.0 Å². The van der Waals surface area contributed by atoms with Crippen LogP contribution >= 0.6 is 0 Å². The molecule has 2 aliphatic rings. The molecule has 194 valence electrons. The molecule has 9 heteroatoms. The van der Waals surface area contributed by atoms with Gasteiger partial charge in [0.15, 0.2) is 0 Å². The number of aromatic nitrogens is 2. The van der Waals surface area contributed by atoms with E-state index in [4.69, 9.17) is 10.1 Å². The Labute approximate surface area is 216 Å². The Bertz CT molecular complexity index is 1230. The van der Waals surface area contributed by atoms with E-state index < -0.39 is 6.09 Å². The minimum absolute atomic E-state index is 0.0973. The van der Waals surface area contributed by atoms with Gasteiger partial charge in [-0.25, -0.2) is 14.8 Å². The smallest absolute Gasteiger partial charge is 0.404 e. The highest BCUT2D eigenvalue weighted by molar-refractivity contribution is 6.07. The van der Waals surface area contributed by atoms with Crippen molar-refractivity contribution in [2.75, 3.05) is 44.2 Å². The fourth-order valence-corrected chi connectivity index (χ4v) is 5.33. The standard InChI is InChI=1S/C28H34N6O3/c35-27(31-16-19-5-7-20(8-6-19)17-32-28(36)37)23-15-25(33-24-4-2-1-3-22(23)24)21-9-10-26(30-18-21)34-13-11-29-12-14-34/h1-4,9-10,15,18-20,29,32H,5-8,11-14,16-17H2,(H,31,35)(H,36,37). The number of rotatable bonds is 7. The van der Waals surface area contributed by atoms with Crippen molar-refractivity contribution >= 4 is 28.7 Å². The zero-order chi connectivity index (χ0) is 25.6. The van der Waals surface area contributed by atoms with Gasteiger partial charge in [-0.15, -0.1) is 0 Å². The second kappa shape index (κ2) is 11.6. The van der Waals surface area contributed by atoms with Crippen LogP contribution in [0.3, 0.4) is 0 Å². The summed E-state index contributed by atoms with van der Waals surface area (Å²) >= 11 is 0. The van der Waals surface area contributed by atoms with Crippen LogP contribution in [0.1, 0.15) is 36.0 Å². The number of piperazine rings is 1. The lowest BCUT2D eigenvalue weighted by Gasteiger charge is -2.28. The maximum absolute atomic E-state index is 13.3. The average molecular weight is 503 g/mol. The molecule has 9 nitrogen and oxygen atoms in total. The second-order valence-electron chi connectivity index (χ2n) is 10.00. The SMILES string of the molecule is O=C(O)NCC1CCC(CNC(=O)c2cc(-c3ccc(N4CCNCC4)nc3)nc3ccccc23)CC1. The lowest BCUT2D eigenvalue weighted by molar-refractivity contribution is 0.0942. The summed E-state index contributed by atoms with van der Waals surface area (Å²) in [7, 11) is 0. The fraction of sp³-hybridized carbons (Fsp3) is 0.429. The normalized spacial score (nSPS) is 19.9. The van der Waals surface area contributed by atoms with Crippen LogP contribution in [0.15, 0.2) is 48.7 Å². The van der Waals surface area contributed by atoms with Gasteiger partial charge in [0, 0.05) is 56.4 Å². The van der Waals surface area contributed by atoms with Crippen molar-refractivity contribution in [1.29, 1.82) is 0 Å². The van der Waals surface area contributed by atoms with E-state index in [9.17, 15) is 9.59 Å². The molecule has 2 fully saturated rings. The second-order valence-corrected chi connectivity index (χ2v) is 10.00. The summed E-state index contributed by atoms with van der Waals surface area (Å²) in [5, 5.41) is 18.6. The largest absolute Gasteiger partial charge is 0.465 e. The summed E-state index contributed by atoms with van der Waals surface area (Å²) in [6.45, 7) is 4.91. The number of nitrogens with zero attached hydrogens (tertiary/aromatic N) is 3. The molecule has 2 amide bonds. The van der Waals surface area contributed by atoms with Crippen molar-refractivity contribution in [2.45, 2.75) is 25.7 Å². The molecule has 37 heavy (non-hydrogen) atoms. The molecule has 2 aromatic heterocycles. The first-order valence-electron chi connectivity index (χ1n) is 13.1. The number of para-hydroxylation sites is 1. The van der Waals surface area contributed by atoms with E-state index in [0.29, 0.717) is 30.5 Å². The number of anilines is 1. The highest BCUT2D eigenvalue weighted by Gasteiger charge is 2.23. The van der Waals surface area contributed by atoms with E-state index in [2.05, 4.69) is 25.8 Å². The summed E-state index contributed by atoms with van der Waals surface area (Å²) in [6.07, 6.45) is 4.79. The number of carbonyl (C=O) groups is 2. The van der Waals surface area contributed by atoms with E-state index in [1.807, 2.05) is 48.7 Å². The zero-order valence-electron chi connectivity index (χ0n) is 20.9. The monoisotopic (exact) mass is 502 g/mol. The molecule has 0 atom stereocenters. The molecule has 0 radical (unpaired) electrons. The first kappa shape index (κ1) is 25.0. The molecule has 1 aliphatic carbocycles. The fourth-order valence-electron chi connectivity index (χ4n) is 5.33. The number of amides is 2. The van der Waals surface area contributed by atoms with Gasteiger partial charge in [-0.2, -0.15) is 0 Å². The van der Waals surface area contributed by atoms with Crippen LogP contribution < -0.4 is 20.9 Å². The summed E-state index contributed by atoms with van der Waals surface area (Å²) < 4.78 is 0. The van der Waals surface area contributed by atoms with Crippen LogP contribution in [0.2, 0.25) is 0 Å². The third kappa shape index (κ3) is 6.17. The van der Waals surface area contributed by atoms with Crippen LogP contribution in [0.4, 0.5) is 10.6 Å². The number of hydrogen-bond acceptors (Lipinski definition) is 6. The van der Waals surface area contributed by atoms with Crippen molar-refractivity contribution in [2.24, 2.45) is 11.8 Å². The summed E-state index contributed by atoms with van der Waals surface area (Å²) in [6, 6.07) is 13.7. The Morgan fingerprint density at radius 2 is 1.68 bits per heavy atom. The molecular weight excluding hydrogens is 468 g/mol. The van der Waals surface area contributed by atoms with Gasteiger partial charge in [-0.05, 0) is 61.8 Å². The molecule has 1 saturated heterocycles. The first-order chi connectivity index (χ1) is 18.1. The van der Waals surface area contributed by atoms with Crippen molar-refractivity contribution in [3.8, 4) is 11.3 Å². The van der Waals surface area contributed by atoms with E-state index in [0.717, 1.165) is 79.8 Å². The quantitative estimate of drug-likeness (QED) is 0.390. The molecule has 4 N–H and O–H groups in total. The lowest BCUT2D eigenvalue weighted by Crippen LogP contribution is -2.43. The van der Waals surface area contributed by atoms with Crippen LogP contribution in [0.25, 0.3) is 22.2 Å². The predicted molar refractivity (Wildman–Crippen MR) is 144 cm³/mol. The Morgan fingerprint density at radius 1 is 0.973 bits per heavy atom. The molecule has 0 bridgehead atoms. The van der Waals surface area contributed by atoms with Crippen LogP contribution in [0.5, 0.6) is 0 Å². The van der Waals surface area contributed by atoms with Crippen LogP contribution in [0, 0.1) is 11.8 Å². The minimum Gasteiger partial charge on any atom is -0.465 e. The van der Waals surface area contributed by atoms with E-state index in [1.165, 1.54) is 0 Å². The molecule has 5 rings (SSSR count). The van der Waals surface area contributed by atoms with E-state index in [1.54, 1.807) is 0 Å².